The van der Waals surface area contributed by atoms with Gasteiger partial charge in [-0.3, -0.25) is 0 Å². The summed E-state index contributed by atoms with van der Waals surface area (Å²) in [5, 5.41) is 4.89. The molecule has 0 aromatic carbocycles. The van der Waals surface area contributed by atoms with Gasteiger partial charge in [0, 0.05) is 25.8 Å². The summed E-state index contributed by atoms with van der Waals surface area (Å²) in [6, 6.07) is 2.07. The van der Waals surface area contributed by atoms with Gasteiger partial charge in [-0.2, -0.15) is 0 Å². The Labute approximate surface area is 94.2 Å². The highest BCUT2D eigenvalue weighted by molar-refractivity contribution is 5.90. The van der Waals surface area contributed by atoms with Crippen molar-refractivity contribution in [3.05, 3.63) is 18.0 Å². The largest absolute Gasteiger partial charge is 0.372 e. The van der Waals surface area contributed by atoms with Crippen molar-refractivity contribution in [3.8, 4) is 0 Å². The number of aromatic nitrogens is 2. The highest BCUT2D eigenvalue weighted by Crippen LogP contribution is 2.27. The summed E-state index contributed by atoms with van der Waals surface area (Å²) in [6.07, 6.45) is 1.72. The van der Waals surface area contributed by atoms with Crippen molar-refractivity contribution in [1.82, 2.24) is 10.1 Å². The molecule has 1 unspecified atom stereocenters. The fourth-order valence-electron chi connectivity index (χ4n) is 1.85. The predicted octanol–water partition coefficient (Wildman–Crippen LogP) is 1.31. The van der Waals surface area contributed by atoms with Crippen LogP contribution in [0.5, 0.6) is 0 Å². The third-order valence-electron chi connectivity index (χ3n) is 2.50. The number of pyridine rings is 1. The molecule has 2 aromatic heterocycles. The highest BCUT2D eigenvalue weighted by Gasteiger charge is 2.13. The number of nitrogens with two attached hydrogens (primary N) is 1. The van der Waals surface area contributed by atoms with E-state index in [-0.39, 0.29) is 6.04 Å². The molecule has 0 amide bonds. The topological polar surface area (TPSA) is 68.2 Å². The normalized spacial score (nSPS) is 13.0. The number of likely N-dealkylation sites (N-methyl/N-ethyl adjacent to an activating group) is 1. The van der Waals surface area contributed by atoms with Gasteiger partial charge in [-0.1, -0.05) is 5.16 Å². The maximum atomic E-state index is 5.79. The lowest BCUT2D eigenvalue weighted by atomic mass is 10.2. The Morgan fingerprint density at radius 1 is 1.56 bits per heavy atom. The molecule has 2 aromatic rings. The first-order chi connectivity index (χ1) is 7.59. The van der Waals surface area contributed by atoms with E-state index in [1.54, 1.807) is 6.20 Å². The first-order valence-corrected chi connectivity index (χ1v) is 5.27. The fourth-order valence-corrected chi connectivity index (χ4v) is 1.85. The lowest BCUT2D eigenvalue weighted by molar-refractivity contribution is 0.443. The van der Waals surface area contributed by atoms with Crippen LogP contribution < -0.4 is 10.6 Å². The van der Waals surface area contributed by atoms with Gasteiger partial charge in [0.1, 0.15) is 0 Å². The Bertz CT molecular complexity index is 492. The van der Waals surface area contributed by atoms with Crippen molar-refractivity contribution in [2.75, 3.05) is 18.5 Å². The summed E-state index contributed by atoms with van der Waals surface area (Å²) in [4.78, 5) is 6.23. The molecule has 0 aliphatic rings. The van der Waals surface area contributed by atoms with Crippen LogP contribution in [0.25, 0.3) is 11.1 Å². The minimum atomic E-state index is 0.119. The zero-order valence-electron chi connectivity index (χ0n) is 9.77. The van der Waals surface area contributed by atoms with Crippen LogP contribution in [0, 0.1) is 6.92 Å². The van der Waals surface area contributed by atoms with Crippen molar-refractivity contribution in [3.63, 3.8) is 0 Å². The van der Waals surface area contributed by atoms with E-state index in [0.717, 1.165) is 23.3 Å². The van der Waals surface area contributed by atoms with E-state index in [1.165, 1.54) is 0 Å². The van der Waals surface area contributed by atoms with Crippen LogP contribution in [0.1, 0.15) is 12.6 Å². The van der Waals surface area contributed by atoms with Crippen molar-refractivity contribution >= 4 is 16.8 Å². The van der Waals surface area contributed by atoms with E-state index in [2.05, 4.69) is 15.0 Å². The van der Waals surface area contributed by atoms with Crippen LogP contribution in [0.4, 0.5) is 5.69 Å². The Morgan fingerprint density at radius 2 is 2.31 bits per heavy atom. The van der Waals surface area contributed by atoms with Crippen LogP contribution in [0.3, 0.4) is 0 Å². The second-order valence-corrected chi connectivity index (χ2v) is 4.14. The van der Waals surface area contributed by atoms with Crippen molar-refractivity contribution in [2.45, 2.75) is 19.9 Å². The lowest BCUT2D eigenvalue weighted by Gasteiger charge is -2.21. The maximum Gasteiger partial charge on any atom is 0.260 e. The smallest absolute Gasteiger partial charge is 0.260 e. The first kappa shape index (κ1) is 10.9. The van der Waals surface area contributed by atoms with E-state index in [1.807, 2.05) is 27.0 Å². The second-order valence-electron chi connectivity index (χ2n) is 4.14. The molecule has 2 rings (SSSR count). The van der Waals surface area contributed by atoms with Gasteiger partial charge in [0.05, 0.1) is 16.8 Å². The number of nitrogens with zero attached hydrogens (tertiary/aromatic N) is 3. The summed E-state index contributed by atoms with van der Waals surface area (Å²) in [7, 11) is 2.00. The number of hydrogen-bond acceptors (Lipinski definition) is 5. The molecule has 0 aliphatic heterocycles. The molecule has 2 heterocycles. The van der Waals surface area contributed by atoms with Gasteiger partial charge < -0.3 is 15.2 Å². The molecule has 16 heavy (non-hydrogen) atoms. The number of rotatable bonds is 3. The fraction of sp³-hybridized carbons (Fsp3) is 0.455. The van der Waals surface area contributed by atoms with Crippen LogP contribution in [-0.2, 0) is 0 Å². The van der Waals surface area contributed by atoms with Gasteiger partial charge >= 0.3 is 0 Å². The summed E-state index contributed by atoms with van der Waals surface area (Å²) < 4.78 is 5.13. The van der Waals surface area contributed by atoms with Crippen molar-refractivity contribution in [2.24, 2.45) is 5.73 Å². The van der Waals surface area contributed by atoms with Crippen LogP contribution in [0.15, 0.2) is 16.8 Å². The molecule has 5 nitrogen and oxygen atoms in total. The minimum Gasteiger partial charge on any atom is -0.372 e. The minimum absolute atomic E-state index is 0.119. The third kappa shape index (κ3) is 1.86. The van der Waals surface area contributed by atoms with Gasteiger partial charge in [0.25, 0.3) is 5.71 Å². The molecule has 0 aliphatic carbocycles. The molecule has 5 heteroatoms. The molecule has 1 atom stereocenters. The summed E-state index contributed by atoms with van der Waals surface area (Å²) >= 11 is 0. The Hall–Kier alpha value is -1.62. The lowest BCUT2D eigenvalue weighted by Crippen LogP contribution is -2.32. The SMILES string of the molecule is Cc1noc2nccc(N(C)CC(C)N)c12. The van der Waals surface area contributed by atoms with Gasteiger partial charge in [-0.15, -0.1) is 0 Å². The molecule has 0 spiro atoms. The molecule has 0 fully saturated rings. The monoisotopic (exact) mass is 220 g/mol. The quantitative estimate of drug-likeness (QED) is 0.844. The van der Waals surface area contributed by atoms with Crippen LogP contribution in [0.2, 0.25) is 0 Å². The van der Waals surface area contributed by atoms with Gasteiger partial charge in [0.15, 0.2) is 0 Å². The second kappa shape index (κ2) is 4.09. The molecule has 2 N–H and O–H groups in total. The average Bonchev–Trinajstić information content (AvgIpc) is 2.59. The molecule has 0 radical (unpaired) electrons. The van der Waals surface area contributed by atoms with E-state index in [4.69, 9.17) is 10.3 Å². The zero-order valence-corrected chi connectivity index (χ0v) is 9.77. The zero-order chi connectivity index (χ0) is 11.7. The standard InChI is InChI=1S/C11H16N4O/c1-7(12)6-15(3)9-4-5-13-11-10(9)8(2)14-16-11/h4-5,7H,6,12H2,1-3H3. The number of fused-ring (bicyclic) bond motifs is 1. The van der Waals surface area contributed by atoms with Crippen molar-refractivity contribution in [1.29, 1.82) is 0 Å². The Kier molecular flexibility index (Phi) is 2.78. The predicted molar refractivity (Wildman–Crippen MR) is 63.5 cm³/mol. The number of aryl methyl sites for hydroxylation is 1. The third-order valence-corrected chi connectivity index (χ3v) is 2.50. The van der Waals surface area contributed by atoms with Gasteiger partial charge in [-0.25, -0.2) is 4.98 Å². The molecule has 0 saturated heterocycles. The molecule has 86 valence electrons. The van der Waals surface area contributed by atoms with Crippen LogP contribution >= 0.6 is 0 Å². The number of anilines is 1. The van der Waals surface area contributed by atoms with Gasteiger partial charge in [0.2, 0.25) is 0 Å². The molecular weight excluding hydrogens is 204 g/mol. The van der Waals surface area contributed by atoms with E-state index < -0.39 is 0 Å². The van der Waals surface area contributed by atoms with Crippen molar-refractivity contribution < 1.29 is 4.52 Å². The van der Waals surface area contributed by atoms with Gasteiger partial charge in [-0.05, 0) is 19.9 Å². The van der Waals surface area contributed by atoms with Crippen LogP contribution in [-0.4, -0.2) is 29.8 Å². The maximum absolute atomic E-state index is 5.79. The summed E-state index contributed by atoms with van der Waals surface area (Å²) in [6.45, 7) is 4.68. The molecular formula is C11H16N4O. The Morgan fingerprint density at radius 3 is 3.00 bits per heavy atom. The molecule has 0 saturated carbocycles. The van der Waals surface area contributed by atoms with E-state index in [9.17, 15) is 0 Å². The highest BCUT2D eigenvalue weighted by atomic mass is 16.5. The molecule has 0 bridgehead atoms. The first-order valence-electron chi connectivity index (χ1n) is 5.27. The van der Waals surface area contributed by atoms with E-state index in [0.29, 0.717) is 5.71 Å². The summed E-state index contributed by atoms with van der Waals surface area (Å²) in [5.41, 5.74) is 8.28. The van der Waals surface area contributed by atoms with E-state index >= 15 is 0 Å². The Balaban J connectivity index is 2.47. The average molecular weight is 220 g/mol. The number of hydrogen-bond donors (Lipinski definition) is 1. The summed E-state index contributed by atoms with van der Waals surface area (Å²) in [5.74, 6) is 0.